The number of amides is 4. The molecule has 1 fully saturated rings. The van der Waals surface area contributed by atoms with Crippen LogP contribution >= 0.6 is 0 Å². The van der Waals surface area contributed by atoms with Crippen LogP contribution in [0.4, 0.5) is 4.79 Å². The second-order valence-electron chi connectivity index (χ2n) is 11.2. The van der Waals surface area contributed by atoms with Gasteiger partial charge in [0.1, 0.15) is 11.6 Å². The molecule has 214 valence electrons. The number of aryl methyl sites for hydroxylation is 1. The molecule has 0 spiro atoms. The molecule has 2 heterocycles. The van der Waals surface area contributed by atoms with Crippen molar-refractivity contribution in [1.82, 2.24) is 25.1 Å². The molecule has 11 heteroatoms. The van der Waals surface area contributed by atoms with E-state index in [9.17, 15) is 24.0 Å². The number of carbonyl (C=O) groups is 4. The van der Waals surface area contributed by atoms with Crippen molar-refractivity contribution < 1.29 is 23.9 Å². The van der Waals surface area contributed by atoms with Gasteiger partial charge in [-0.25, -0.2) is 9.59 Å². The minimum atomic E-state index is -0.748. The van der Waals surface area contributed by atoms with Gasteiger partial charge in [-0.1, -0.05) is 24.6 Å². The van der Waals surface area contributed by atoms with Crippen LogP contribution in [0, 0.1) is 0 Å². The Morgan fingerprint density at radius 2 is 1.80 bits per heavy atom. The van der Waals surface area contributed by atoms with Gasteiger partial charge in [-0.3, -0.25) is 28.8 Å². The van der Waals surface area contributed by atoms with E-state index in [2.05, 4.69) is 16.0 Å². The number of piperidine rings is 1. The van der Waals surface area contributed by atoms with Crippen molar-refractivity contribution in [3.05, 3.63) is 46.4 Å². The number of nitrogens with one attached hydrogen (secondary N) is 3. The molecule has 0 bridgehead atoms. The van der Waals surface area contributed by atoms with Crippen molar-refractivity contribution >= 4 is 45.6 Å². The van der Waals surface area contributed by atoms with Gasteiger partial charge in [0.25, 0.3) is 0 Å². The SMILES string of the molecule is Cn1c(=O)n(C2CCC(=O)NC2=O)c2ccc3ccc(CNC(=O)CCCCCNC(=O)OC(C)(C)C)cc3c21. The molecule has 40 heavy (non-hydrogen) atoms. The van der Waals surface area contributed by atoms with Gasteiger partial charge in [0.05, 0.1) is 11.0 Å². The molecule has 1 aliphatic heterocycles. The number of rotatable bonds is 9. The number of hydrogen-bond donors (Lipinski definition) is 3. The number of hydrogen-bond acceptors (Lipinski definition) is 6. The lowest BCUT2D eigenvalue weighted by Gasteiger charge is -2.21. The second-order valence-corrected chi connectivity index (χ2v) is 11.2. The summed E-state index contributed by atoms with van der Waals surface area (Å²) < 4.78 is 8.19. The van der Waals surface area contributed by atoms with Gasteiger partial charge in [-0.15, -0.1) is 0 Å². The highest BCUT2D eigenvalue weighted by atomic mass is 16.6. The number of carbonyl (C=O) groups excluding carboxylic acids is 4. The van der Waals surface area contributed by atoms with Gasteiger partial charge < -0.3 is 15.4 Å². The topological polar surface area (TPSA) is 141 Å². The molecular weight excluding hydrogens is 514 g/mol. The first kappa shape index (κ1) is 28.8. The van der Waals surface area contributed by atoms with Crippen LogP contribution in [0.15, 0.2) is 35.1 Å². The first-order valence-electron chi connectivity index (χ1n) is 13.6. The first-order chi connectivity index (χ1) is 18.9. The summed E-state index contributed by atoms with van der Waals surface area (Å²) in [4.78, 5) is 61.4. The third-order valence-corrected chi connectivity index (χ3v) is 6.88. The smallest absolute Gasteiger partial charge is 0.407 e. The number of alkyl carbamates (subject to hydrolysis) is 1. The normalized spacial score (nSPS) is 15.8. The molecule has 11 nitrogen and oxygen atoms in total. The van der Waals surface area contributed by atoms with Crippen LogP contribution in [0.3, 0.4) is 0 Å². The number of fused-ring (bicyclic) bond motifs is 3. The molecule has 4 rings (SSSR count). The third kappa shape index (κ3) is 6.70. The van der Waals surface area contributed by atoms with Crippen LogP contribution in [0.5, 0.6) is 0 Å². The number of aromatic nitrogens is 2. The lowest BCUT2D eigenvalue weighted by molar-refractivity contribution is -0.135. The Bertz CT molecular complexity index is 1510. The quantitative estimate of drug-likeness (QED) is 0.276. The Balaban J connectivity index is 1.36. The zero-order valence-corrected chi connectivity index (χ0v) is 23.5. The maximum absolute atomic E-state index is 13.2. The van der Waals surface area contributed by atoms with Crippen LogP contribution in [0.2, 0.25) is 0 Å². The third-order valence-electron chi connectivity index (χ3n) is 6.88. The summed E-state index contributed by atoms with van der Waals surface area (Å²) in [5, 5.41) is 9.77. The maximum Gasteiger partial charge on any atom is 0.407 e. The van der Waals surface area contributed by atoms with Gasteiger partial charge >= 0.3 is 11.8 Å². The Morgan fingerprint density at radius 3 is 2.52 bits per heavy atom. The van der Waals surface area contributed by atoms with E-state index in [1.54, 1.807) is 7.05 Å². The molecule has 1 aromatic heterocycles. The molecule has 0 radical (unpaired) electrons. The molecule has 3 N–H and O–H groups in total. The van der Waals surface area contributed by atoms with Gasteiger partial charge in [-0.2, -0.15) is 0 Å². The summed E-state index contributed by atoms with van der Waals surface area (Å²) in [6.45, 7) is 6.27. The molecule has 1 aliphatic rings. The average Bonchev–Trinajstić information content (AvgIpc) is 3.13. The Labute approximate surface area is 232 Å². The molecule has 3 aromatic rings. The molecule has 0 saturated carbocycles. The maximum atomic E-state index is 13.2. The highest BCUT2D eigenvalue weighted by molar-refractivity contribution is 6.06. The van der Waals surface area contributed by atoms with E-state index >= 15 is 0 Å². The first-order valence-corrected chi connectivity index (χ1v) is 13.6. The summed E-state index contributed by atoms with van der Waals surface area (Å²) >= 11 is 0. The minimum absolute atomic E-state index is 0.0604. The van der Waals surface area contributed by atoms with E-state index in [4.69, 9.17) is 4.74 Å². The lowest BCUT2D eigenvalue weighted by atomic mass is 10.0. The van der Waals surface area contributed by atoms with Gasteiger partial charge in [0, 0.05) is 38.4 Å². The molecular formula is C29H37N5O6. The monoisotopic (exact) mass is 551 g/mol. The van der Waals surface area contributed by atoms with Crippen molar-refractivity contribution in [2.24, 2.45) is 7.05 Å². The fourth-order valence-electron chi connectivity index (χ4n) is 4.97. The van der Waals surface area contributed by atoms with E-state index in [1.165, 1.54) is 9.13 Å². The Morgan fingerprint density at radius 1 is 1.05 bits per heavy atom. The molecule has 0 aliphatic carbocycles. The molecule has 1 atom stereocenters. The average molecular weight is 552 g/mol. The zero-order valence-electron chi connectivity index (χ0n) is 23.5. The number of imide groups is 1. The van der Waals surface area contributed by atoms with E-state index in [1.807, 2.05) is 51.1 Å². The Kier molecular flexibility index (Phi) is 8.61. The van der Waals surface area contributed by atoms with E-state index in [0.29, 0.717) is 37.0 Å². The summed E-state index contributed by atoms with van der Waals surface area (Å²) in [7, 11) is 1.67. The van der Waals surface area contributed by atoms with Crippen molar-refractivity contribution in [2.45, 2.75) is 77.5 Å². The molecule has 1 unspecified atom stereocenters. The highest BCUT2D eigenvalue weighted by Gasteiger charge is 2.31. The number of unbranched alkanes of at least 4 members (excludes halogenated alkanes) is 2. The van der Waals surface area contributed by atoms with E-state index in [0.717, 1.165) is 29.2 Å². The Hall–Kier alpha value is -4.15. The minimum Gasteiger partial charge on any atom is -0.444 e. The van der Waals surface area contributed by atoms with Crippen LogP contribution in [-0.2, 0) is 32.7 Å². The standard InChI is InChI=1S/C29H37N5O6/c1-29(2,3)40-27(38)30-15-7-5-6-8-23(35)31-17-18-9-10-19-11-12-21-25(20(19)16-18)33(4)28(39)34(21)22-13-14-24(36)32-26(22)37/h9-12,16,22H,5-8,13-15,17H2,1-4H3,(H,30,38)(H,31,35)(H,32,36,37). The van der Waals surface area contributed by atoms with Gasteiger partial charge in [0.2, 0.25) is 17.7 Å². The van der Waals surface area contributed by atoms with Gasteiger partial charge in [0.15, 0.2) is 0 Å². The summed E-state index contributed by atoms with van der Waals surface area (Å²) in [6.07, 6.45) is 2.66. The summed E-state index contributed by atoms with van der Waals surface area (Å²) in [6, 6.07) is 8.82. The predicted molar refractivity (Wildman–Crippen MR) is 151 cm³/mol. The molecule has 1 saturated heterocycles. The summed E-state index contributed by atoms with van der Waals surface area (Å²) in [5.74, 6) is -0.863. The molecule has 4 amide bonds. The van der Waals surface area contributed by atoms with Crippen LogP contribution in [0.25, 0.3) is 21.8 Å². The lowest BCUT2D eigenvalue weighted by Crippen LogP contribution is -2.44. The van der Waals surface area contributed by atoms with E-state index in [-0.39, 0.29) is 30.3 Å². The van der Waals surface area contributed by atoms with Crippen molar-refractivity contribution in [2.75, 3.05) is 6.54 Å². The predicted octanol–water partition coefficient (Wildman–Crippen LogP) is 3.17. The highest BCUT2D eigenvalue weighted by Crippen LogP contribution is 2.29. The van der Waals surface area contributed by atoms with Crippen LogP contribution in [0.1, 0.15) is 70.9 Å². The van der Waals surface area contributed by atoms with Gasteiger partial charge in [-0.05, 0) is 63.1 Å². The fourth-order valence-corrected chi connectivity index (χ4v) is 4.97. The molecule has 2 aromatic carbocycles. The largest absolute Gasteiger partial charge is 0.444 e. The zero-order chi connectivity index (χ0) is 29.0. The summed E-state index contributed by atoms with van der Waals surface area (Å²) in [5.41, 5.74) is 1.35. The van der Waals surface area contributed by atoms with Crippen molar-refractivity contribution in [1.29, 1.82) is 0 Å². The van der Waals surface area contributed by atoms with Crippen molar-refractivity contribution in [3.63, 3.8) is 0 Å². The number of benzene rings is 2. The van der Waals surface area contributed by atoms with Crippen LogP contribution in [-0.4, -0.2) is 45.1 Å². The number of nitrogens with zero attached hydrogens (tertiary/aromatic N) is 2. The van der Waals surface area contributed by atoms with Crippen LogP contribution < -0.4 is 21.6 Å². The second kappa shape index (κ2) is 11.9. The number of imidazole rings is 1. The van der Waals surface area contributed by atoms with Crippen molar-refractivity contribution in [3.8, 4) is 0 Å². The number of ether oxygens (including phenoxy) is 1. The van der Waals surface area contributed by atoms with E-state index < -0.39 is 23.6 Å². The fraction of sp³-hybridized carbons (Fsp3) is 0.483.